The molecule has 1 atom stereocenters. The van der Waals surface area contributed by atoms with Gasteiger partial charge in [-0.05, 0) is 36.8 Å². The SMILES string of the molecule is O=C(O)COc1ccc(Cl)cc1C(=O)C1=CC(F)=CC(C(F)(F)F)C1. The van der Waals surface area contributed by atoms with Crippen LogP contribution in [0.5, 0.6) is 5.75 Å². The Morgan fingerprint density at radius 1 is 1.32 bits per heavy atom. The van der Waals surface area contributed by atoms with Gasteiger partial charge in [-0.2, -0.15) is 13.2 Å². The van der Waals surface area contributed by atoms with Crippen molar-refractivity contribution in [2.24, 2.45) is 5.92 Å². The van der Waals surface area contributed by atoms with Gasteiger partial charge in [0.05, 0.1) is 11.5 Å². The second kappa shape index (κ2) is 7.26. The van der Waals surface area contributed by atoms with Crippen LogP contribution >= 0.6 is 11.6 Å². The van der Waals surface area contributed by atoms with Gasteiger partial charge in [0.2, 0.25) is 0 Å². The minimum atomic E-state index is -4.70. The summed E-state index contributed by atoms with van der Waals surface area (Å²) in [5.74, 6) is -5.70. The summed E-state index contributed by atoms with van der Waals surface area (Å²) in [6.07, 6.45) is -4.32. The Labute approximate surface area is 144 Å². The van der Waals surface area contributed by atoms with Crippen molar-refractivity contribution < 1.29 is 37.0 Å². The highest BCUT2D eigenvalue weighted by Crippen LogP contribution is 2.38. The molecule has 0 saturated carbocycles. The number of carboxylic acids is 1. The van der Waals surface area contributed by atoms with Crippen LogP contribution in [0, 0.1) is 5.92 Å². The number of carbonyl (C=O) groups is 2. The molecule has 1 aromatic rings. The third-order valence-electron chi connectivity index (χ3n) is 3.36. The number of aliphatic carboxylic acids is 1. The molecule has 2 rings (SSSR count). The van der Waals surface area contributed by atoms with Gasteiger partial charge in [0, 0.05) is 10.6 Å². The first-order valence-corrected chi connectivity index (χ1v) is 7.29. The number of halogens is 5. The van der Waals surface area contributed by atoms with Crippen LogP contribution < -0.4 is 4.74 Å². The van der Waals surface area contributed by atoms with E-state index in [0.717, 1.165) is 6.07 Å². The lowest BCUT2D eigenvalue weighted by molar-refractivity contribution is -0.161. The first-order valence-electron chi connectivity index (χ1n) is 6.91. The van der Waals surface area contributed by atoms with Gasteiger partial charge < -0.3 is 9.84 Å². The molecule has 0 heterocycles. The van der Waals surface area contributed by atoms with Gasteiger partial charge >= 0.3 is 12.1 Å². The quantitative estimate of drug-likeness (QED) is 0.611. The van der Waals surface area contributed by atoms with Crippen molar-refractivity contribution in [3.63, 3.8) is 0 Å². The zero-order chi connectivity index (χ0) is 18.8. The summed E-state index contributed by atoms with van der Waals surface area (Å²) in [5, 5.41) is 8.73. The van der Waals surface area contributed by atoms with Gasteiger partial charge in [-0.3, -0.25) is 4.79 Å². The van der Waals surface area contributed by atoms with Crippen LogP contribution in [-0.2, 0) is 4.79 Å². The summed E-state index contributed by atoms with van der Waals surface area (Å²) < 4.78 is 57.0. The van der Waals surface area contributed by atoms with E-state index in [-0.39, 0.29) is 16.3 Å². The maximum absolute atomic E-state index is 13.5. The first kappa shape index (κ1) is 19.0. The molecule has 4 nitrogen and oxygen atoms in total. The average molecular weight is 379 g/mol. The van der Waals surface area contributed by atoms with Crippen LogP contribution in [-0.4, -0.2) is 29.6 Å². The van der Waals surface area contributed by atoms with Gasteiger partial charge in [0.15, 0.2) is 12.4 Å². The molecule has 1 aliphatic rings. The van der Waals surface area contributed by atoms with Gasteiger partial charge in [-0.25, -0.2) is 9.18 Å². The Balaban J connectivity index is 2.35. The van der Waals surface area contributed by atoms with E-state index >= 15 is 0 Å². The zero-order valence-corrected chi connectivity index (χ0v) is 13.2. The van der Waals surface area contributed by atoms with Crippen LogP contribution in [0.25, 0.3) is 0 Å². The minimum Gasteiger partial charge on any atom is -0.481 e. The third-order valence-corrected chi connectivity index (χ3v) is 3.60. The van der Waals surface area contributed by atoms with Crippen LogP contribution in [0.15, 0.2) is 41.8 Å². The van der Waals surface area contributed by atoms with Crippen LogP contribution in [0.1, 0.15) is 16.8 Å². The van der Waals surface area contributed by atoms with E-state index in [4.69, 9.17) is 21.4 Å². The second-order valence-corrected chi connectivity index (χ2v) is 5.66. The third kappa shape index (κ3) is 4.82. The lowest BCUT2D eigenvalue weighted by Crippen LogP contribution is -2.25. The number of ether oxygens (including phenoxy) is 1. The molecule has 1 aliphatic carbocycles. The lowest BCUT2D eigenvalue weighted by Gasteiger charge is -2.21. The predicted molar refractivity (Wildman–Crippen MR) is 80.3 cm³/mol. The number of carbonyl (C=O) groups excluding carboxylic acids is 1. The minimum absolute atomic E-state index is 0.0887. The van der Waals surface area contributed by atoms with Crippen LogP contribution in [0.4, 0.5) is 17.6 Å². The average Bonchev–Trinajstić information content (AvgIpc) is 2.51. The standard InChI is InChI=1S/C16H11ClF4O4/c17-10-1-2-13(25-7-14(22)23)12(6-10)15(24)8-3-9(16(19,20)21)5-11(18)4-8/h1-2,4-6,9H,3,7H2,(H,22,23). The summed E-state index contributed by atoms with van der Waals surface area (Å²) in [6, 6.07) is 3.67. The lowest BCUT2D eigenvalue weighted by atomic mass is 9.88. The van der Waals surface area contributed by atoms with Crippen molar-refractivity contribution in [1.29, 1.82) is 0 Å². The Bertz CT molecular complexity index is 768. The van der Waals surface area contributed by atoms with Gasteiger partial charge in [-0.15, -0.1) is 0 Å². The zero-order valence-electron chi connectivity index (χ0n) is 12.4. The number of rotatable bonds is 5. The van der Waals surface area contributed by atoms with Crippen molar-refractivity contribution in [2.75, 3.05) is 6.61 Å². The number of benzene rings is 1. The molecular formula is C16H11ClF4O4. The summed E-state index contributed by atoms with van der Waals surface area (Å²) in [4.78, 5) is 23.1. The first-order chi connectivity index (χ1) is 11.6. The molecule has 25 heavy (non-hydrogen) atoms. The number of alkyl halides is 3. The molecule has 0 aliphatic heterocycles. The molecule has 0 bridgehead atoms. The van der Waals surface area contributed by atoms with Crippen LogP contribution in [0.2, 0.25) is 5.02 Å². The number of ketones is 1. The molecule has 0 saturated heterocycles. The van der Waals surface area contributed by atoms with E-state index < -0.39 is 48.3 Å². The van der Waals surface area contributed by atoms with E-state index in [9.17, 15) is 27.2 Å². The molecular weight excluding hydrogens is 368 g/mol. The molecule has 9 heteroatoms. The fourth-order valence-electron chi connectivity index (χ4n) is 2.25. The summed E-state index contributed by atoms with van der Waals surface area (Å²) in [5.41, 5.74) is -0.652. The molecule has 1 aromatic carbocycles. The molecule has 0 fully saturated rings. The normalized spacial score (nSPS) is 17.6. The second-order valence-electron chi connectivity index (χ2n) is 5.23. The highest BCUT2D eigenvalue weighted by molar-refractivity contribution is 6.31. The maximum Gasteiger partial charge on any atom is 0.395 e. The topological polar surface area (TPSA) is 63.6 Å². The molecule has 0 spiro atoms. The van der Waals surface area contributed by atoms with Gasteiger partial charge in [0.1, 0.15) is 11.6 Å². The molecule has 1 unspecified atom stereocenters. The number of carboxylic acid groups (broad SMARTS) is 1. The fraction of sp³-hybridized carbons (Fsp3) is 0.250. The smallest absolute Gasteiger partial charge is 0.395 e. The van der Waals surface area contributed by atoms with E-state index in [1.807, 2.05) is 0 Å². The van der Waals surface area contributed by atoms with Crippen LogP contribution in [0.3, 0.4) is 0 Å². The Morgan fingerprint density at radius 3 is 2.60 bits per heavy atom. The Kier molecular flexibility index (Phi) is 5.52. The summed E-state index contributed by atoms with van der Waals surface area (Å²) in [7, 11) is 0. The maximum atomic E-state index is 13.5. The number of allylic oxidation sites excluding steroid dienone is 4. The molecule has 0 aromatic heterocycles. The van der Waals surface area contributed by atoms with E-state index in [1.165, 1.54) is 12.1 Å². The van der Waals surface area contributed by atoms with Crippen molar-refractivity contribution in [2.45, 2.75) is 12.6 Å². The van der Waals surface area contributed by atoms with Crippen molar-refractivity contribution >= 4 is 23.4 Å². The van der Waals surface area contributed by atoms with Crippen molar-refractivity contribution in [3.8, 4) is 5.75 Å². The summed E-state index contributed by atoms with van der Waals surface area (Å²) in [6.45, 7) is -0.763. The van der Waals surface area contributed by atoms with Gasteiger partial charge in [0.25, 0.3) is 0 Å². The molecule has 0 radical (unpaired) electrons. The van der Waals surface area contributed by atoms with E-state index in [2.05, 4.69) is 0 Å². The molecule has 0 amide bonds. The van der Waals surface area contributed by atoms with E-state index in [0.29, 0.717) is 12.2 Å². The summed E-state index contributed by atoms with van der Waals surface area (Å²) >= 11 is 5.78. The Hall–Kier alpha value is -2.35. The van der Waals surface area contributed by atoms with Gasteiger partial charge in [-0.1, -0.05) is 11.6 Å². The highest BCUT2D eigenvalue weighted by Gasteiger charge is 2.41. The van der Waals surface area contributed by atoms with E-state index in [1.54, 1.807) is 0 Å². The monoisotopic (exact) mass is 378 g/mol. The van der Waals surface area contributed by atoms with Crippen molar-refractivity contribution in [3.05, 3.63) is 52.3 Å². The fourth-order valence-corrected chi connectivity index (χ4v) is 2.42. The Morgan fingerprint density at radius 2 is 2.00 bits per heavy atom. The van der Waals surface area contributed by atoms with Crippen molar-refractivity contribution in [1.82, 2.24) is 0 Å². The number of hydrogen-bond donors (Lipinski definition) is 1. The molecule has 134 valence electrons. The largest absolute Gasteiger partial charge is 0.481 e. The molecule has 1 N–H and O–H groups in total. The number of Topliss-reactive ketones (excluding diaryl/α,β-unsaturated/α-hetero) is 1. The predicted octanol–water partition coefficient (Wildman–Crippen LogP) is 4.35. The highest BCUT2D eigenvalue weighted by atomic mass is 35.5. The number of hydrogen-bond acceptors (Lipinski definition) is 3.